The Kier molecular flexibility index (Phi) is 6.82. The highest BCUT2D eigenvalue weighted by Gasteiger charge is 2.26. The van der Waals surface area contributed by atoms with Gasteiger partial charge in [0, 0.05) is 30.9 Å². The van der Waals surface area contributed by atoms with Crippen molar-refractivity contribution in [2.45, 2.75) is 39.2 Å². The second-order valence-corrected chi connectivity index (χ2v) is 7.24. The quantitative estimate of drug-likeness (QED) is 0.761. The molecule has 0 bridgehead atoms. The molecule has 1 heterocycles. The zero-order chi connectivity index (χ0) is 19.9. The van der Waals surface area contributed by atoms with E-state index in [1.807, 2.05) is 60.4 Å². The largest absolute Gasteiger partial charge is 0.325 e. The van der Waals surface area contributed by atoms with Gasteiger partial charge >= 0.3 is 0 Å². The number of carbonyl (C=O) groups excluding carboxylic acids is 2. The average molecular weight is 380 g/mol. The SMILES string of the molecule is CCCN(CCC(=O)N1CCc2ccccc21)C(C)C(=O)Nc1ccccc1. The predicted octanol–water partition coefficient (Wildman–Crippen LogP) is 3.71. The van der Waals surface area contributed by atoms with E-state index in [0.717, 1.165) is 37.3 Å². The molecule has 0 saturated heterocycles. The lowest BCUT2D eigenvalue weighted by molar-refractivity contribution is -0.123. The van der Waals surface area contributed by atoms with Crippen molar-refractivity contribution in [3.8, 4) is 0 Å². The number of benzene rings is 2. The molecule has 3 rings (SSSR count). The lowest BCUT2D eigenvalue weighted by Crippen LogP contribution is -2.44. The van der Waals surface area contributed by atoms with Gasteiger partial charge in [0.2, 0.25) is 11.8 Å². The van der Waals surface area contributed by atoms with Gasteiger partial charge in [-0.25, -0.2) is 0 Å². The zero-order valence-corrected chi connectivity index (χ0v) is 16.7. The van der Waals surface area contributed by atoms with Crippen LogP contribution in [0.2, 0.25) is 0 Å². The van der Waals surface area contributed by atoms with Crippen LogP contribution >= 0.6 is 0 Å². The number of carbonyl (C=O) groups is 2. The summed E-state index contributed by atoms with van der Waals surface area (Å²) in [4.78, 5) is 29.4. The molecule has 2 amide bonds. The van der Waals surface area contributed by atoms with Crippen molar-refractivity contribution in [2.75, 3.05) is 29.9 Å². The molecule has 5 nitrogen and oxygen atoms in total. The van der Waals surface area contributed by atoms with E-state index >= 15 is 0 Å². The lowest BCUT2D eigenvalue weighted by Gasteiger charge is -2.28. The number of nitrogens with one attached hydrogen (secondary N) is 1. The number of para-hydroxylation sites is 2. The molecule has 0 radical (unpaired) electrons. The van der Waals surface area contributed by atoms with Crippen LogP contribution in [-0.2, 0) is 16.0 Å². The zero-order valence-electron chi connectivity index (χ0n) is 16.7. The molecule has 1 aliphatic heterocycles. The number of amides is 2. The summed E-state index contributed by atoms with van der Waals surface area (Å²) in [6.45, 7) is 6.11. The molecule has 1 aliphatic rings. The van der Waals surface area contributed by atoms with E-state index in [0.29, 0.717) is 13.0 Å². The Bertz CT molecular complexity index is 807. The number of hydrogen-bond donors (Lipinski definition) is 1. The van der Waals surface area contributed by atoms with Gasteiger partial charge in [-0.2, -0.15) is 0 Å². The van der Waals surface area contributed by atoms with E-state index in [-0.39, 0.29) is 17.9 Å². The third-order valence-corrected chi connectivity index (χ3v) is 5.28. The van der Waals surface area contributed by atoms with Crippen LogP contribution in [-0.4, -0.2) is 42.4 Å². The maximum absolute atomic E-state index is 12.8. The summed E-state index contributed by atoms with van der Waals surface area (Å²) in [5.41, 5.74) is 3.06. The highest BCUT2D eigenvalue weighted by atomic mass is 16.2. The Hall–Kier alpha value is -2.66. The molecule has 28 heavy (non-hydrogen) atoms. The summed E-state index contributed by atoms with van der Waals surface area (Å²) in [5.74, 6) is 0.0836. The van der Waals surface area contributed by atoms with Crippen molar-refractivity contribution in [2.24, 2.45) is 0 Å². The summed E-state index contributed by atoms with van der Waals surface area (Å²) in [7, 11) is 0. The van der Waals surface area contributed by atoms with Crippen molar-refractivity contribution in [3.63, 3.8) is 0 Å². The Morgan fingerprint density at radius 2 is 1.79 bits per heavy atom. The van der Waals surface area contributed by atoms with Gasteiger partial charge in [-0.15, -0.1) is 0 Å². The van der Waals surface area contributed by atoms with Crippen LogP contribution in [0.3, 0.4) is 0 Å². The normalized spacial score (nSPS) is 14.0. The molecule has 1 unspecified atom stereocenters. The third kappa shape index (κ3) is 4.78. The van der Waals surface area contributed by atoms with Crippen LogP contribution in [0.25, 0.3) is 0 Å². The predicted molar refractivity (Wildman–Crippen MR) is 114 cm³/mol. The van der Waals surface area contributed by atoms with Gasteiger partial charge in [0.15, 0.2) is 0 Å². The van der Waals surface area contributed by atoms with Crippen LogP contribution in [0.1, 0.15) is 32.3 Å². The van der Waals surface area contributed by atoms with E-state index in [2.05, 4.69) is 23.2 Å². The second kappa shape index (κ2) is 9.51. The molecule has 0 spiro atoms. The van der Waals surface area contributed by atoms with Crippen LogP contribution < -0.4 is 10.2 Å². The standard InChI is InChI=1S/C23H29N3O2/c1-3-15-25(18(2)23(28)24-20-10-5-4-6-11-20)16-14-22(27)26-17-13-19-9-7-8-12-21(19)26/h4-12,18H,3,13-17H2,1-2H3,(H,24,28). The fourth-order valence-corrected chi connectivity index (χ4v) is 3.69. The molecule has 1 N–H and O–H groups in total. The Morgan fingerprint density at radius 1 is 1.07 bits per heavy atom. The third-order valence-electron chi connectivity index (χ3n) is 5.28. The number of fused-ring (bicyclic) bond motifs is 1. The Labute approximate surface area is 167 Å². The number of rotatable bonds is 8. The molecule has 2 aromatic rings. The van der Waals surface area contributed by atoms with Crippen LogP contribution in [0.4, 0.5) is 11.4 Å². The molecule has 2 aromatic carbocycles. The van der Waals surface area contributed by atoms with Crippen molar-refractivity contribution in [1.82, 2.24) is 4.90 Å². The molecular weight excluding hydrogens is 350 g/mol. The minimum Gasteiger partial charge on any atom is -0.325 e. The first-order chi connectivity index (χ1) is 13.6. The number of nitrogens with zero attached hydrogens (tertiary/aromatic N) is 2. The summed E-state index contributed by atoms with van der Waals surface area (Å²) < 4.78 is 0. The minimum atomic E-state index is -0.293. The van der Waals surface area contributed by atoms with E-state index in [4.69, 9.17) is 0 Å². The van der Waals surface area contributed by atoms with Gasteiger partial charge in [0.25, 0.3) is 0 Å². The Morgan fingerprint density at radius 3 is 2.54 bits per heavy atom. The highest BCUT2D eigenvalue weighted by Crippen LogP contribution is 2.28. The van der Waals surface area contributed by atoms with Crippen LogP contribution in [0.5, 0.6) is 0 Å². The smallest absolute Gasteiger partial charge is 0.241 e. The molecular formula is C23H29N3O2. The van der Waals surface area contributed by atoms with Gasteiger partial charge in [-0.05, 0) is 50.1 Å². The minimum absolute atomic E-state index is 0.0429. The molecule has 0 saturated carbocycles. The van der Waals surface area contributed by atoms with E-state index < -0.39 is 0 Å². The van der Waals surface area contributed by atoms with Crippen molar-refractivity contribution in [1.29, 1.82) is 0 Å². The second-order valence-electron chi connectivity index (χ2n) is 7.24. The molecule has 0 fully saturated rings. The highest BCUT2D eigenvalue weighted by molar-refractivity contribution is 5.96. The fraction of sp³-hybridized carbons (Fsp3) is 0.391. The first-order valence-corrected chi connectivity index (χ1v) is 10.1. The van der Waals surface area contributed by atoms with Crippen molar-refractivity contribution >= 4 is 23.2 Å². The molecule has 5 heteroatoms. The summed E-state index contributed by atoms with van der Waals surface area (Å²) in [5, 5.41) is 2.96. The maximum Gasteiger partial charge on any atom is 0.241 e. The molecule has 148 valence electrons. The van der Waals surface area contributed by atoms with Crippen molar-refractivity contribution in [3.05, 3.63) is 60.2 Å². The molecule has 1 atom stereocenters. The monoisotopic (exact) mass is 379 g/mol. The number of hydrogen-bond acceptors (Lipinski definition) is 3. The van der Waals surface area contributed by atoms with E-state index in [9.17, 15) is 9.59 Å². The lowest BCUT2D eigenvalue weighted by atomic mass is 10.2. The topological polar surface area (TPSA) is 52.7 Å². The summed E-state index contributed by atoms with van der Waals surface area (Å²) in [6.07, 6.45) is 2.26. The van der Waals surface area contributed by atoms with Crippen molar-refractivity contribution < 1.29 is 9.59 Å². The van der Waals surface area contributed by atoms with Gasteiger partial charge in [-0.1, -0.05) is 43.3 Å². The van der Waals surface area contributed by atoms with E-state index in [1.165, 1.54) is 5.56 Å². The van der Waals surface area contributed by atoms with E-state index in [1.54, 1.807) is 0 Å². The first kappa shape index (κ1) is 20.1. The van der Waals surface area contributed by atoms with Crippen LogP contribution in [0, 0.1) is 0 Å². The summed E-state index contributed by atoms with van der Waals surface area (Å²) in [6, 6.07) is 17.3. The average Bonchev–Trinajstić information content (AvgIpc) is 3.15. The van der Waals surface area contributed by atoms with Gasteiger partial charge in [0.1, 0.15) is 0 Å². The fourth-order valence-electron chi connectivity index (χ4n) is 3.69. The maximum atomic E-state index is 12.8. The number of anilines is 2. The summed E-state index contributed by atoms with van der Waals surface area (Å²) >= 11 is 0. The molecule has 0 aromatic heterocycles. The van der Waals surface area contributed by atoms with Gasteiger partial charge in [-0.3, -0.25) is 14.5 Å². The van der Waals surface area contributed by atoms with Gasteiger partial charge in [0.05, 0.1) is 6.04 Å². The first-order valence-electron chi connectivity index (χ1n) is 10.1. The van der Waals surface area contributed by atoms with Crippen LogP contribution in [0.15, 0.2) is 54.6 Å². The Balaban J connectivity index is 1.58. The van der Waals surface area contributed by atoms with Gasteiger partial charge < -0.3 is 10.2 Å². The molecule has 0 aliphatic carbocycles.